The van der Waals surface area contributed by atoms with Gasteiger partial charge in [-0.2, -0.15) is 0 Å². The third-order valence-corrected chi connectivity index (χ3v) is 0. The molecule has 6 heavy (non-hydrogen) atoms. The molecule has 0 fully saturated rings. The van der Waals surface area contributed by atoms with E-state index in [9.17, 15) is 8.42 Å². The first-order chi connectivity index (χ1) is 2.00. The van der Waals surface area contributed by atoms with E-state index in [2.05, 4.69) is 0 Å². The zero-order valence-corrected chi connectivity index (χ0v) is 6.16. The second kappa shape index (κ2) is 2.58. The highest BCUT2D eigenvalue weighted by atomic mass is 79.9. The quantitative estimate of drug-likeness (QED) is 0.528. The maximum Gasteiger partial charge on any atom is 0.144 e. The van der Waals surface area contributed by atoms with Crippen molar-refractivity contribution in [2.75, 3.05) is 12.5 Å². The van der Waals surface area contributed by atoms with Crippen LogP contribution in [-0.2, 0) is 9.84 Å². The van der Waals surface area contributed by atoms with Crippen LogP contribution in [-0.4, -0.2) is 20.9 Å². The van der Waals surface area contributed by atoms with E-state index in [1.54, 1.807) is 0 Å². The molecule has 40 valence electrons. The molecule has 0 aliphatic heterocycles. The lowest BCUT2D eigenvalue weighted by atomic mass is 11.9. The van der Waals surface area contributed by atoms with Crippen LogP contribution in [0.1, 0.15) is 0 Å². The van der Waals surface area contributed by atoms with Crippen LogP contribution in [0.3, 0.4) is 0 Å². The van der Waals surface area contributed by atoms with Gasteiger partial charge in [-0.1, -0.05) is 0 Å². The van der Waals surface area contributed by atoms with E-state index in [0.717, 1.165) is 12.5 Å². The molecule has 0 aromatic heterocycles. The smallest absolute Gasteiger partial charge is 0.144 e. The molecular formula is C2H7BrO2S. The van der Waals surface area contributed by atoms with E-state index in [1.165, 1.54) is 0 Å². The Morgan fingerprint density at radius 2 is 1.17 bits per heavy atom. The predicted molar refractivity (Wildman–Crippen MR) is 31.1 cm³/mol. The van der Waals surface area contributed by atoms with Gasteiger partial charge in [0.15, 0.2) is 0 Å². The molecule has 0 spiro atoms. The summed E-state index contributed by atoms with van der Waals surface area (Å²) >= 11 is 0. The lowest BCUT2D eigenvalue weighted by Crippen LogP contribution is -1.86. The van der Waals surface area contributed by atoms with Crippen LogP contribution < -0.4 is 0 Å². The average molecular weight is 175 g/mol. The molecule has 0 bridgehead atoms. The van der Waals surface area contributed by atoms with Gasteiger partial charge in [0, 0.05) is 12.5 Å². The van der Waals surface area contributed by atoms with Crippen LogP contribution in [0.15, 0.2) is 0 Å². The molecule has 0 aliphatic rings. The van der Waals surface area contributed by atoms with Gasteiger partial charge in [0.2, 0.25) is 0 Å². The van der Waals surface area contributed by atoms with E-state index in [0.29, 0.717) is 0 Å². The first-order valence-corrected chi connectivity index (χ1v) is 3.45. The van der Waals surface area contributed by atoms with Crippen molar-refractivity contribution >= 4 is 26.8 Å². The zero-order chi connectivity index (χ0) is 4.50. The van der Waals surface area contributed by atoms with E-state index in [-0.39, 0.29) is 17.0 Å². The maximum atomic E-state index is 9.63. The first kappa shape index (κ1) is 9.66. The van der Waals surface area contributed by atoms with Crippen molar-refractivity contribution in [3.63, 3.8) is 0 Å². The summed E-state index contributed by atoms with van der Waals surface area (Å²) in [5.74, 6) is 0. The fourth-order valence-electron chi connectivity index (χ4n) is 0. The maximum absolute atomic E-state index is 9.63. The number of hydrogen-bond acceptors (Lipinski definition) is 2. The van der Waals surface area contributed by atoms with Gasteiger partial charge in [-0.25, -0.2) is 8.42 Å². The summed E-state index contributed by atoms with van der Waals surface area (Å²) in [7, 11) is -2.67. The van der Waals surface area contributed by atoms with Gasteiger partial charge < -0.3 is 0 Å². The van der Waals surface area contributed by atoms with Crippen molar-refractivity contribution in [3.05, 3.63) is 0 Å². The summed E-state index contributed by atoms with van der Waals surface area (Å²) in [5, 5.41) is 0. The van der Waals surface area contributed by atoms with Gasteiger partial charge >= 0.3 is 0 Å². The zero-order valence-electron chi connectivity index (χ0n) is 3.63. The Bertz CT molecular complexity index is 94.7. The van der Waals surface area contributed by atoms with Gasteiger partial charge in [-0.15, -0.1) is 17.0 Å². The Morgan fingerprint density at radius 3 is 1.17 bits per heavy atom. The summed E-state index contributed by atoms with van der Waals surface area (Å²) in [6.45, 7) is 0. The summed E-state index contributed by atoms with van der Waals surface area (Å²) in [5.41, 5.74) is 0. The van der Waals surface area contributed by atoms with E-state index in [1.807, 2.05) is 0 Å². The Labute approximate surface area is 48.2 Å². The van der Waals surface area contributed by atoms with Gasteiger partial charge in [0.1, 0.15) is 9.84 Å². The Hall–Kier alpha value is 0.430. The predicted octanol–water partition coefficient (Wildman–Crippen LogP) is 0.239. The largest absolute Gasteiger partial charge is 0.229 e. The Kier molecular flexibility index (Phi) is 4.15. The number of hydrogen-bond donors (Lipinski definition) is 0. The first-order valence-electron chi connectivity index (χ1n) is 1.15. The van der Waals surface area contributed by atoms with Crippen molar-refractivity contribution < 1.29 is 8.42 Å². The molecule has 0 aromatic carbocycles. The average Bonchev–Trinajstić information content (AvgIpc) is 0.722. The second-order valence-corrected chi connectivity index (χ2v) is 3.43. The lowest BCUT2D eigenvalue weighted by Gasteiger charge is -1.69. The minimum Gasteiger partial charge on any atom is -0.229 e. The highest BCUT2D eigenvalue weighted by Crippen LogP contribution is 1.61. The highest BCUT2D eigenvalue weighted by Gasteiger charge is 1.79. The molecule has 2 nitrogen and oxygen atoms in total. The second-order valence-electron chi connectivity index (χ2n) is 1.14. The van der Waals surface area contributed by atoms with Crippen LogP contribution >= 0.6 is 17.0 Å². The molecule has 0 aliphatic carbocycles. The third-order valence-electron chi connectivity index (χ3n) is 0. The van der Waals surface area contributed by atoms with Crippen LogP contribution in [0, 0.1) is 0 Å². The molecule has 0 saturated carbocycles. The summed E-state index contributed by atoms with van der Waals surface area (Å²) < 4.78 is 19.3. The standard InChI is InChI=1S/C2H6O2S.BrH/c1-5(2,3)4;/h1-2H3;1H. The van der Waals surface area contributed by atoms with Gasteiger partial charge in [-0.05, 0) is 0 Å². The van der Waals surface area contributed by atoms with Crippen molar-refractivity contribution in [2.24, 2.45) is 0 Å². The van der Waals surface area contributed by atoms with Crippen molar-refractivity contribution in [3.8, 4) is 0 Å². The molecule has 0 atom stereocenters. The van der Waals surface area contributed by atoms with Crippen LogP contribution in [0.4, 0.5) is 0 Å². The highest BCUT2D eigenvalue weighted by molar-refractivity contribution is 8.93. The minimum atomic E-state index is -2.67. The SMILES string of the molecule is Br.CS(C)(=O)=O. The molecule has 0 N–H and O–H groups in total. The summed E-state index contributed by atoms with van der Waals surface area (Å²) in [6.07, 6.45) is 2.32. The van der Waals surface area contributed by atoms with Gasteiger partial charge in [-0.3, -0.25) is 0 Å². The Morgan fingerprint density at radius 1 is 1.17 bits per heavy atom. The number of halogens is 1. The topological polar surface area (TPSA) is 34.1 Å². The fraction of sp³-hybridized carbons (Fsp3) is 1.00. The summed E-state index contributed by atoms with van der Waals surface area (Å²) in [6, 6.07) is 0. The molecular weight excluding hydrogens is 168 g/mol. The Balaban J connectivity index is 0. The molecule has 4 heteroatoms. The van der Waals surface area contributed by atoms with Crippen molar-refractivity contribution in [1.29, 1.82) is 0 Å². The number of rotatable bonds is 0. The van der Waals surface area contributed by atoms with E-state index in [4.69, 9.17) is 0 Å². The van der Waals surface area contributed by atoms with E-state index < -0.39 is 9.84 Å². The van der Waals surface area contributed by atoms with Crippen LogP contribution in [0.25, 0.3) is 0 Å². The van der Waals surface area contributed by atoms with Crippen LogP contribution in [0.5, 0.6) is 0 Å². The molecule has 0 radical (unpaired) electrons. The molecule has 0 rings (SSSR count). The molecule has 0 unspecified atom stereocenters. The van der Waals surface area contributed by atoms with Gasteiger partial charge in [0.05, 0.1) is 0 Å². The van der Waals surface area contributed by atoms with Crippen molar-refractivity contribution in [2.45, 2.75) is 0 Å². The molecule has 0 amide bonds. The van der Waals surface area contributed by atoms with Crippen LogP contribution in [0.2, 0.25) is 0 Å². The lowest BCUT2D eigenvalue weighted by molar-refractivity contribution is 0.607. The molecule has 0 saturated heterocycles. The van der Waals surface area contributed by atoms with Crippen molar-refractivity contribution in [1.82, 2.24) is 0 Å². The third kappa shape index (κ3) is 282. The summed E-state index contributed by atoms with van der Waals surface area (Å²) in [4.78, 5) is 0. The number of sulfone groups is 1. The monoisotopic (exact) mass is 174 g/mol. The molecule has 0 heterocycles. The minimum absolute atomic E-state index is 0. The van der Waals surface area contributed by atoms with Gasteiger partial charge in [0.25, 0.3) is 0 Å². The van der Waals surface area contributed by atoms with E-state index >= 15 is 0 Å². The fourth-order valence-corrected chi connectivity index (χ4v) is 0. The normalized spacial score (nSPS) is 9.67. The molecule has 0 aromatic rings.